The van der Waals surface area contributed by atoms with Crippen molar-refractivity contribution in [1.29, 1.82) is 0 Å². The first-order valence-corrected chi connectivity index (χ1v) is 6.74. The molecule has 0 atom stereocenters. The second-order valence-electron chi connectivity index (χ2n) is 4.74. The Morgan fingerprint density at radius 1 is 1.42 bits per heavy atom. The lowest BCUT2D eigenvalue weighted by atomic mass is 10.1. The number of aromatic nitrogens is 2. The van der Waals surface area contributed by atoms with Crippen LogP contribution in [-0.4, -0.2) is 27.1 Å². The van der Waals surface area contributed by atoms with Crippen LogP contribution in [0.25, 0.3) is 5.69 Å². The number of carbonyl (C=O) groups is 1. The molecule has 128 valence electrons. The quantitative estimate of drug-likeness (QED) is 0.483. The van der Waals surface area contributed by atoms with E-state index in [2.05, 4.69) is 4.98 Å². The highest BCUT2D eigenvalue weighted by molar-refractivity contribution is 5.87. The van der Waals surface area contributed by atoms with Crippen molar-refractivity contribution >= 4 is 11.7 Å². The molecule has 0 spiro atoms. The second-order valence-corrected chi connectivity index (χ2v) is 4.74. The number of rotatable bonds is 4. The van der Waals surface area contributed by atoms with Gasteiger partial charge >= 0.3 is 12.1 Å². The highest BCUT2D eigenvalue weighted by Crippen LogP contribution is 2.35. The summed E-state index contributed by atoms with van der Waals surface area (Å²) in [5.74, 6) is -1.23. The zero-order valence-corrected chi connectivity index (χ0v) is 12.6. The monoisotopic (exact) mass is 343 g/mol. The Labute approximate surface area is 133 Å². The van der Waals surface area contributed by atoms with Gasteiger partial charge in [0, 0.05) is 18.0 Å². The van der Waals surface area contributed by atoms with E-state index in [-0.39, 0.29) is 18.1 Å². The predicted octanol–water partition coefficient (Wildman–Crippen LogP) is 3.28. The van der Waals surface area contributed by atoms with Crippen LogP contribution in [-0.2, 0) is 10.9 Å². The molecule has 0 amide bonds. The molecule has 1 heterocycles. The summed E-state index contributed by atoms with van der Waals surface area (Å²) in [7, 11) is 0. The minimum absolute atomic E-state index is 0.0232. The first-order valence-electron chi connectivity index (χ1n) is 6.74. The van der Waals surface area contributed by atoms with Gasteiger partial charge in [-0.15, -0.1) is 0 Å². The van der Waals surface area contributed by atoms with Crippen molar-refractivity contribution in [2.75, 3.05) is 6.61 Å². The molecular formula is C14H12F3N3O4. The van der Waals surface area contributed by atoms with Crippen LogP contribution in [0.5, 0.6) is 0 Å². The molecule has 7 nitrogen and oxygen atoms in total. The molecule has 2 aromatic rings. The van der Waals surface area contributed by atoms with Crippen LogP contribution in [0.1, 0.15) is 28.8 Å². The lowest BCUT2D eigenvalue weighted by molar-refractivity contribution is -0.384. The molecule has 0 aliphatic heterocycles. The van der Waals surface area contributed by atoms with Crippen LogP contribution in [0.4, 0.5) is 18.9 Å². The number of carbonyl (C=O) groups excluding carboxylic acids is 1. The van der Waals surface area contributed by atoms with Crippen LogP contribution in [0.2, 0.25) is 0 Å². The summed E-state index contributed by atoms with van der Waals surface area (Å²) < 4.78 is 44.6. The van der Waals surface area contributed by atoms with Crippen LogP contribution < -0.4 is 0 Å². The van der Waals surface area contributed by atoms with E-state index in [1.807, 2.05) is 0 Å². The average molecular weight is 343 g/mol. The van der Waals surface area contributed by atoms with Crippen LogP contribution in [0.3, 0.4) is 0 Å². The fraction of sp³-hybridized carbons (Fsp3) is 0.286. The minimum atomic E-state index is -4.69. The molecule has 0 fully saturated rings. The Morgan fingerprint density at radius 3 is 2.62 bits per heavy atom. The molecule has 1 aromatic carbocycles. The highest BCUT2D eigenvalue weighted by Gasteiger charge is 2.33. The van der Waals surface area contributed by atoms with E-state index in [0.717, 1.165) is 10.6 Å². The maximum Gasteiger partial charge on any atom is 0.416 e. The number of aryl methyl sites for hydroxylation is 1. The van der Waals surface area contributed by atoms with Crippen molar-refractivity contribution in [3.05, 3.63) is 51.6 Å². The van der Waals surface area contributed by atoms with Gasteiger partial charge in [0.15, 0.2) is 0 Å². The maximum atomic E-state index is 12.9. The molecule has 10 heteroatoms. The van der Waals surface area contributed by atoms with E-state index in [4.69, 9.17) is 4.74 Å². The Kier molecular flexibility index (Phi) is 4.58. The summed E-state index contributed by atoms with van der Waals surface area (Å²) >= 11 is 0. The normalized spacial score (nSPS) is 11.4. The number of benzene rings is 1. The van der Waals surface area contributed by atoms with Crippen molar-refractivity contribution in [1.82, 2.24) is 9.55 Å². The first kappa shape index (κ1) is 17.4. The van der Waals surface area contributed by atoms with Crippen molar-refractivity contribution in [3.8, 4) is 5.69 Å². The second kappa shape index (κ2) is 6.30. The summed E-state index contributed by atoms with van der Waals surface area (Å²) in [6, 6.07) is 1.96. The minimum Gasteiger partial charge on any atom is -0.460 e. The topological polar surface area (TPSA) is 87.3 Å². The molecule has 0 radical (unpaired) electrons. The number of nitro benzene ring substituents is 1. The van der Waals surface area contributed by atoms with Crippen molar-refractivity contribution < 1.29 is 27.6 Å². The molecule has 0 saturated carbocycles. The number of hydrogen-bond donors (Lipinski definition) is 0. The van der Waals surface area contributed by atoms with Crippen LogP contribution in [0, 0.1) is 17.0 Å². The average Bonchev–Trinajstić information content (AvgIpc) is 2.87. The number of nitrogens with zero attached hydrogens (tertiary/aromatic N) is 3. The van der Waals surface area contributed by atoms with Gasteiger partial charge in [0.2, 0.25) is 5.82 Å². The fourth-order valence-electron chi connectivity index (χ4n) is 2.11. The van der Waals surface area contributed by atoms with Gasteiger partial charge in [-0.25, -0.2) is 9.78 Å². The van der Waals surface area contributed by atoms with E-state index < -0.39 is 34.0 Å². The summed E-state index contributed by atoms with van der Waals surface area (Å²) in [6.45, 7) is 3.03. The van der Waals surface area contributed by atoms with Gasteiger partial charge < -0.3 is 4.74 Å². The largest absolute Gasteiger partial charge is 0.460 e. The Hall–Kier alpha value is -2.91. The predicted molar refractivity (Wildman–Crippen MR) is 75.9 cm³/mol. The number of esters is 1. The molecule has 2 rings (SSSR count). The van der Waals surface area contributed by atoms with Gasteiger partial charge in [0.05, 0.1) is 17.1 Å². The number of ether oxygens (including phenoxy) is 1. The number of nitro groups is 1. The highest BCUT2D eigenvalue weighted by atomic mass is 19.4. The van der Waals surface area contributed by atoms with Gasteiger partial charge in [-0.2, -0.15) is 13.2 Å². The standard InChI is InChI=1S/C14H12F3N3O4/c1-3-24-13(21)12-18-7-8(2)19(12)11-6-9(14(15,16)17)4-5-10(11)20(22)23/h4-7H,3H2,1-2H3. The van der Waals surface area contributed by atoms with Crippen molar-refractivity contribution in [3.63, 3.8) is 0 Å². The third-order valence-corrected chi connectivity index (χ3v) is 3.14. The zero-order valence-electron chi connectivity index (χ0n) is 12.6. The first-order chi connectivity index (χ1) is 11.2. The molecule has 0 bridgehead atoms. The summed E-state index contributed by atoms with van der Waals surface area (Å²) in [6.07, 6.45) is -3.47. The lowest BCUT2D eigenvalue weighted by Crippen LogP contribution is -2.15. The fourth-order valence-corrected chi connectivity index (χ4v) is 2.11. The number of halogens is 3. The van der Waals surface area contributed by atoms with E-state index in [1.54, 1.807) is 6.92 Å². The Bertz CT molecular complexity index is 799. The SMILES string of the molecule is CCOC(=O)c1ncc(C)n1-c1cc(C(F)(F)F)ccc1[N+](=O)[O-]. The number of hydrogen-bond acceptors (Lipinski definition) is 5. The maximum absolute atomic E-state index is 12.9. The Morgan fingerprint density at radius 2 is 2.08 bits per heavy atom. The van der Waals surface area contributed by atoms with Crippen LogP contribution in [0.15, 0.2) is 24.4 Å². The zero-order chi connectivity index (χ0) is 18.1. The molecule has 0 unspecified atom stereocenters. The third-order valence-electron chi connectivity index (χ3n) is 3.14. The third kappa shape index (κ3) is 3.21. The van der Waals surface area contributed by atoms with Crippen molar-refractivity contribution in [2.24, 2.45) is 0 Å². The van der Waals surface area contributed by atoms with E-state index in [1.165, 1.54) is 13.1 Å². The molecule has 1 aromatic heterocycles. The summed E-state index contributed by atoms with van der Waals surface area (Å²) in [4.78, 5) is 26.0. The van der Waals surface area contributed by atoms with Gasteiger partial charge in [0.25, 0.3) is 5.69 Å². The van der Waals surface area contributed by atoms with Gasteiger partial charge in [-0.05, 0) is 26.0 Å². The van der Waals surface area contributed by atoms with E-state index in [9.17, 15) is 28.1 Å². The Balaban J connectivity index is 2.73. The molecule has 0 aliphatic rings. The smallest absolute Gasteiger partial charge is 0.416 e. The van der Waals surface area contributed by atoms with Gasteiger partial charge in [-0.3, -0.25) is 14.7 Å². The van der Waals surface area contributed by atoms with Crippen molar-refractivity contribution in [2.45, 2.75) is 20.0 Å². The number of imidazole rings is 1. The van der Waals surface area contributed by atoms with Gasteiger partial charge in [-0.1, -0.05) is 0 Å². The van der Waals surface area contributed by atoms with Gasteiger partial charge in [0.1, 0.15) is 5.69 Å². The molecule has 0 aliphatic carbocycles. The number of alkyl halides is 3. The van der Waals surface area contributed by atoms with E-state index >= 15 is 0 Å². The van der Waals surface area contributed by atoms with Crippen LogP contribution >= 0.6 is 0 Å². The lowest BCUT2D eigenvalue weighted by Gasteiger charge is -2.13. The molecule has 0 N–H and O–H groups in total. The molecule has 24 heavy (non-hydrogen) atoms. The molecular weight excluding hydrogens is 331 g/mol. The summed E-state index contributed by atoms with van der Waals surface area (Å²) in [5, 5.41) is 11.2. The van der Waals surface area contributed by atoms with E-state index in [0.29, 0.717) is 12.1 Å². The summed E-state index contributed by atoms with van der Waals surface area (Å²) in [5.41, 5.74) is -1.82. The molecule has 0 saturated heterocycles.